The van der Waals surface area contributed by atoms with E-state index in [-0.39, 0.29) is 9.90 Å². The minimum atomic E-state index is -4.01. The number of fused-ring (bicyclic) bond motifs is 3. The molecule has 1 atom stereocenters. The molecule has 1 N–H and O–H groups in total. The number of hydrogen-bond acceptors (Lipinski definition) is 8. The van der Waals surface area contributed by atoms with Crippen LogP contribution < -0.4 is 17.9 Å². The van der Waals surface area contributed by atoms with Crippen LogP contribution in [-0.2, 0) is 26.6 Å². The Morgan fingerprint density at radius 3 is 3.00 bits per heavy atom. The molecule has 8 nitrogen and oxygen atoms in total. The third-order valence-electron chi connectivity index (χ3n) is 5.98. The van der Waals surface area contributed by atoms with Crippen LogP contribution in [0.2, 0.25) is 0 Å². The molecule has 4 heterocycles. The number of aromatic nitrogens is 1. The average Bonchev–Trinajstić information content (AvgIpc) is 3.52. The van der Waals surface area contributed by atoms with Gasteiger partial charge in [0.1, 0.15) is 0 Å². The molecule has 0 aliphatic carbocycles. The number of rotatable bonds is 8. The molecule has 36 heavy (non-hydrogen) atoms. The zero-order chi connectivity index (χ0) is 25.4. The number of allylic oxidation sites excluding steroid dienone is 2. The Balaban J connectivity index is 1.45. The normalized spacial score (nSPS) is 20.2. The van der Waals surface area contributed by atoms with E-state index in [9.17, 15) is 13.0 Å². The van der Waals surface area contributed by atoms with Crippen molar-refractivity contribution >= 4 is 75.7 Å². The quantitative estimate of drug-likeness (QED) is 0.262. The smallest absolute Gasteiger partial charge is 0.286 e. The van der Waals surface area contributed by atoms with Gasteiger partial charge in [-0.3, -0.25) is 4.55 Å². The van der Waals surface area contributed by atoms with Crippen molar-refractivity contribution in [2.45, 2.75) is 28.8 Å². The Morgan fingerprint density at radius 1 is 1.42 bits per heavy atom. The monoisotopic (exact) mass is 665 g/mol. The summed E-state index contributed by atoms with van der Waals surface area (Å²) in [6.07, 6.45) is 7.70. The van der Waals surface area contributed by atoms with Crippen molar-refractivity contribution in [3.05, 3.63) is 50.5 Å². The van der Waals surface area contributed by atoms with Gasteiger partial charge in [-0.15, -0.1) is 0 Å². The number of hydrogen-bond donors (Lipinski definition) is 1. The van der Waals surface area contributed by atoms with Crippen molar-refractivity contribution in [3.8, 4) is 5.75 Å². The summed E-state index contributed by atoms with van der Waals surface area (Å²) >= 11 is 2.88. The first-order chi connectivity index (χ1) is 17.3. The summed E-state index contributed by atoms with van der Waals surface area (Å²) in [4.78, 5) is 4.46. The molecule has 0 saturated carbocycles. The van der Waals surface area contributed by atoms with Crippen molar-refractivity contribution in [2.75, 3.05) is 31.1 Å². The molecule has 0 amide bonds. The SMILES string of the molecule is CCC(=Cc1sc2c([n+]1C)[Te]C1OCOC1=C2)C=C1Sc2ccc(OC)cc2N1CCCS(=O)(=O)O. The summed E-state index contributed by atoms with van der Waals surface area (Å²) < 4.78 is 52.4. The van der Waals surface area contributed by atoms with Gasteiger partial charge in [0.2, 0.25) is 0 Å². The predicted molar refractivity (Wildman–Crippen MR) is 143 cm³/mol. The zero-order valence-corrected chi connectivity index (χ0v) is 24.9. The second kappa shape index (κ2) is 10.7. The van der Waals surface area contributed by atoms with E-state index in [0.29, 0.717) is 19.8 Å². The van der Waals surface area contributed by atoms with E-state index in [0.717, 1.165) is 33.5 Å². The summed E-state index contributed by atoms with van der Waals surface area (Å²) in [7, 11) is -0.263. The van der Waals surface area contributed by atoms with E-state index in [1.165, 1.54) is 19.2 Å². The first-order valence-electron chi connectivity index (χ1n) is 11.4. The van der Waals surface area contributed by atoms with Crippen LogP contribution >= 0.6 is 23.1 Å². The molecule has 3 aliphatic rings. The summed E-state index contributed by atoms with van der Waals surface area (Å²) in [5.41, 5.74) is 2.16. The third-order valence-corrected chi connectivity index (χ3v) is 13.1. The number of benzene rings is 1. The molecule has 12 heteroatoms. The van der Waals surface area contributed by atoms with Crippen LogP contribution in [0.3, 0.4) is 0 Å². The molecule has 1 unspecified atom stereocenters. The summed E-state index contributed by atoms with van der Waals surface area (Å²) in [5, 5.41) is 2.20. The van der Waals surface area contributed by atoms with Gasteiger partial charge in [0.25, 0.3) is 0 Å². The van der Waals surface area contributed by atoms with Crippen LogP contribution in [0.1, 0.15) is 29.7 Å². The number of methoxy groups -OCH3 is 1. The number of nitrogens with zero attached hydrogens (tertiary/aromatic N) is 2. The second-order valence-electron chi connectivity index (χ2n) is 8.38. The van der Waals surface area contributed by atoms with E-state index in [1.54, 1.807) is 30.2 Å². The van der Waals surface area contributed by atoms with Gasteiger partial charge < -0.3 is 0 Å². The second-order valence-corrected chi connectivity index (χ2v) is 15.1. The maximum absolute atomic E-state index is 11.3. The first-order valence-corrected chi connectivity index (χ1v) is 17.2. The fourth-order valence-electron chi connectivity index (χ4n) is 4.11. The molecule has 1 aromatic carbocycles. The van der Waals surface area contributed by atoms with Gasteiger partial charge in [-0.2, -0.15) is 8.42 Å². The Bertz CT molecular complexity index is 1380. The molecule has 1 fully saturated rings. The Labute approximate surface area is 229 Å². The molecule has 3 aliphatic heterocycles. The van der Waals surface area contributed by atoms with Crippen molar-refractivity contribution < 1.29 is 31.7 Å². The third kappa shape index (κ3) is 5.50. The Kier molecular flexibility index (Phi) is 7.75. The molecule has 5 rings (SSSR count). The number of thiazole rings is 1. The molecule has 1 saturated heterocycles. The molecule has 2 aromatic rings. The predicted octanol–water partition coefficient (Wildman–Crippen LogP) is 3.12. The average molecular weight is 663 g/mol. The van der Waals surface area contributed by atoms with Gasteiger partial charge in [-0.25, -0.2) is 0 Å². The van der Waals surface area contributed by atoms with Crippen molar-refractivity contribution in [2.24, 2.45) is 7.05 Å². The standard InChI is InChI=1S/C24H26N2O6S3Te/c1-4-15(10-21-25(2)23-20(34-21)13-18-24(36-23)32-14-31-18)11-22-26(8-5-9-35(27,28)29)17-12-16(30-3)6-7-19(17)33-22/h6-7,10-13,24H,4-5,8-9,14H2,1-3H3/p+1. The molecule has 192 valence electrons. The van der Waals surface area contributed by atoms with Crippen molar-refractivity contribution in [1.82, 2.24) is 0 Å². The van der Waals surface area contributed by atoms with E-state index in [4.69, 9.17) is 14.2 Å². The number of anilines is 1. The van der Waals surface area contributed by atoms with E-state index in [1.807, 2.05) is 18.2 Å². The van der Waals surface area contributed by atoms with Gasteiger partial charge in [0, 0.05) is 0 Å². The molecule has 0 radical (unpaired) electrons. The minimum Gasteiger partial charge on any atom is -0.286 e. The van der Waals surface area contributed by atoms with Crippen LogP contribution in [0, 0.1) is 0 Å². The Hall–Kier alpha value is -1.52. The van der Waals surface area contributed by atoms with Gasteiger partial charge in [-0.1, -0.05) is 0 Å². The van der Waals surface area contributed by atoms with E-state index in [2.05, 4.69) is 41.7 Å². The van der Waals surface area contributed by atoms with Gasteiger partial charge >= 0.3 is 211 Å². The molecular formula is C24H27N2O6S3Te+. The van der Waals surface area contributed by atoms with Gasteiger partial charge in [-0.05, 0) is 0 Å². The van der Waals surface area contributed by atoms with Crippen LogP contribution in [0.5, 0.6) is 5.75 Å². The number of thioether (sulfide) groups is 1. The van der Waals surface area contributed by atoms with Crippen molar-refractivity contribution in [3.63, 3.8) is 0 Å². The summed E-state index contributed by atoms with van der Waals surface area (Å²) in [6.45, 7) is 2.96. The summed E-state index contributed by atoms with van der Waals surface area (Å²) in [5.74, 6) is 1.44. The van der Waals surface area contributed by atoms with Crippen LogP contribution in [0.4, 0.5) is 5.69 Å². The minimum absolute atomic E-state index is 0.134. The number of ether oxygens (including phenoxy) is 3. The van der Waals surface area contributed by atoms with Gasteiger partial charge in [0.15, 0.2) is 0 Å². The summed E-state index contributed by atoms with van der Waals surface area (Å²) in [6, 6.07) is 5.92. The molecule has 1 aromatic heterocycles. The Morgan fingerprint density at radius 2 is 2.25 bits per heavy atom. The molecule has 0 spiro atoms. The van der Waals surface area contributed by atoms with Crippen LogP contribution in [0.15, 0.2) is 45.5 Å². The fraction of sp³-hybridized carbons (Fsp3) is 0.375. The van der Waals surface area contributed by atoms with Crippen molar-refractivity contribution in [1.29, 1.82) is 0 Å². The van der Waals surface area contributed by atoms with Gasteiger partial charge in [0.05, 0.1) is 7.11 Å². The van der Waals surface area contributed by atoms with Crippen LogP contribution in [0.25, 0.3) is 12.2 Å². The topological polar surface area (TPSA) is 89.2 Å². The zero-order valence-electron chi connectivity index (χ0n) is 20.1. The molecule has 0 bridgehead atoms. The first kappa shape index (κ1) is 26.1. The maximum atomic E-state index is 11.3. The van der Waals surface area contributed by atoms with E-state index >= 15 is 0 Å². The fourth-order valence-corrected chi connectivity index (χ4v) is 10.6. The van der Waals surface area contributed by atoms with E-state index < -0.39 is 31.0 Å². The van der Waals surface area contributed by atoms with Crippen LogP contribution in [-0.4, -0.2) is 64.2 Å². The molecular weight excluding hydrogens is 636 g/mol.